The number of aliphatic hydroxyl groups is 1. The molecule has 4 aromatic rings. The molecule has 3 heterocycles. The molecule has 1 amide bonds. The molecule has 42 heavy (non-hydrogen) atoms. The number of benzene rings is 3. The Kier molecular flexibility index (Phi) is 7.51. The first-order valence-corrected chi connectivity index (χ1v) is 15.2. The van der Waals surface area contributed by atoms with E-state index in [0.717, 1.165) is 22.4 Å². The van der Waals surface area contributed by atoms with E-state index in [1.54, 1.807) is 6.92 Å². The number of amides is 1. The van der Waals surface area contributed by atoms with Crippen LogP contribution in [0.25, 0.3) is 0 Å². The van der Waals surface area contributed by atoms with Gasteiger partial charge in [-0.2, -0.15) is 5.10 Å². The Morgan fingerprint density at radius 1 is 0.929 bits per heavy atom. The highest BCUT2D eigenvalue weighted by Crippen LogP contribution is 2.50. The maximum Gasteiger partial charge on any atom is 0.353 e. The number of rotatable bonds is 10. The van der Waals surface area contributed by atoms with Crippen LogP contribution in [0.3, 0.4) is 0 Å². The Balaban J connectivity index is 1.31. The minimum atomic E-state index is -1.10. The van der Waals surface area contributed by atoms with Gasteiger partial charge in [-0.3, -0.25) is 9.48 Å². The molecule has 7 nitrogen and oxygen atoms in total. The fourth-order valence-electron chi connectivity index (χ4n) is 6.60. The van der Waals surface area contributed by atoms with Gasteiger partial charge in [0.2, 0.25) is 5.91 Å². The standard InChI is InChI=1S/C34H33N3O4S/c1-22-29-28(23(2)38)32(39)37(29)30(33(40)41)31(22)42-21-19-27-18-20-36(35-27)34(24-12-6-3-7-13-24,25-14-8-4-9-15-25)26-16-10-5-11-17-26/h3-18,20,22-23,28-29,38H,19,21H2,1-2H3,(H,40,41)/t22-,23-,28-,29-/m1/s1. The van der Waals surface area contributed by atoms with Crippen molar-refractivity contribution in [3.8, 4) is 0 Å². The fourth-order valence-corrected chi connectivity index (χ4v) is 7.85. The first-order chi connectivity index (χ1) is 20.4. The molecule has 6 rings (SSSR count). The zero-order chi connectivity index (χ0) is 29.4. The molecule has 0 aliphatic carbocycles. The van der Waals surface area contributed by atoms with Gasteiger partial charge in [0.05, 0.1) is 23.8 Å². The van der Waals surface area contributed by atoms with Crippen molar-refractivity contribution in [2.45, 2.75) is 38.0 Å². The number of aliphatic hydroxyl groups excluding tert-OH is 1. The molecule has 1 fully saturated rings. The number of aryl methyl sites for hydroxylation is 1. The third-order valence-corrected chi connectivity index (χ3v) is 9.77. The van der Waals surface area contributed by atoms with Crippen molar-refractivity contribution in [1.82, 2.24) is 14.7 Å². The van der Waals surface area contributed by atoms with E-state index in [4.69, 9.17) is 5.10 Å². The van der Waals surface area contributed by atoms with E-state index in [9.17, 15) is 19.8 Å². The van der Waals surface area contributed by atoms with Crippen molar-refractivity contribution in [2.75, 3.05) is 5.75 Å². The highest BCUT2D eigenvalue weighted by molar-refractivity contribution is 8.03. The van der Waals surface area contributed by atoms with E-state index in [0.29, 0.717) is 17.1 Å². The highest BCUT2D eigenvalue weighted by Gasteiger charge is 2.59. The summed E-state index contributed by atoms with van der Waals surface area (Å²) in [5.74, 6) is -1.53. The van der Waals surface area contributed by atoms with E-state index >= 15 is 0 Å². The van der Waals surface area contributed by atoms with E-state index < -0.39 is 23.5 Å². The van der Waals surface area contributed by atoms with Gasteiger partial charge in [0.25, 0.3) is 0 Å². The molecule has 214 valence electrons. The van der Waals surface area contributed by atoms with Crippen LogP contribution in [0.4, 0.5) is 0 Å². The molecular weight excluding hydrogens is 546 g/mol. The predicted octanol–water partition coefficient (Wildman–Crippen LogP) is 5.15. The van der Waals surface area contributed by atoms with Gasteiger partial charge in [-0.15, -0.1) is 11.8 Å². The summed E-state index contributed by atoms with van der Waals surface area (Å²) in [7, 11) is 0. The average Bonchev–Trinajstić information content (AvgIpc) is 3.56. The maximum absolute atomic E-state index is 12.7. The van der Waals surface area contributed by atoms with Crippen molar-refractivity contribution < 1.29 is 19.8 Å². The number of thioether (sulfide) groups is 1. The lowest BCUT2D eigenvalue weighted by molar-refractivity contribution is -0.163. The van der Waals surface area contributed by atoms with Crippen LogP contribution in [-0.2, 0) is 21.5 Å². The Bertz CT molecular complexity index is 1520. The van der Waals surface area contributed by atoms with E-state index in [1.165, 1.54) is 16.7 Å². The molecular formula is C34H33N3O4S. The Morgan fingerprint density at radius 3 is 1.93 bits per heavy atom. The van der Waals surface area contributed by atoms with Gasteiger partial charge in [0.15, 0.2) is 0 Å². The Hall–Kier alpha value is -4.14. The van der Waals surface area contributed by atoms with Gasteiger partial charge >= 0.3 is 5.97 Å². The SMILES string of the molecule is C[C@@H](O)[C@H]1C(=O)N2C(C(=O)O)=C(SCCc3ccn(C(c4ccccc4)(c4ccccc4)c4ccccc4)n3)[C@H](C)[C@H]12. The van der Waals surface area contributed by atoms with Gasteiger partial charge in [0, 0.05) is 29.2 Å². The van der Waals surface area contributed by atoms with Gasteiger partial charge < -0.3 is 15.1 Å². The highest BCUT2D eigenvalue weighted by atomic mass is 32.2. The number of hydrogen-bond donors (Lipinski definition) is 2. The number of β-lactam (4-membered cyclic amide) rings is 1. The van der Waals surface area contributed by atoms with Crippen molar-refractivity contribution in [3.63, 3.8) is 0 Å². The normalized spacial score (nSPS) is 20.8. The summed E-state index contributed by atoms with van der Waals surface area (Å²) >= 11 is 1.47. The lowest BCUT2D eigenvalue weighted by Gasteiger charge is -2.46. The summed E-state index contributed by atoms with van der Waals surface area (Å²) < 4.78 is 2.03. The van der Waals surface area contributed by atoms with Crippen molar-refractivity contribution in [1.29, 1.82) is 0 Å². The number of carbonyl (C=O) groups excluding carboxylic acids is 1. The quantitative estimate of drug-likeness (QED) is 0.199. The second-order valence-corrected chi connectivity index (χ2v) is 12.1. The molecule has 0 unspecified atom stereocenters. The minimum Gasteiger partial charge on any atom is -0.477 e. The lowest BCUT2D eigenvalue weighted by atomic mass is 9.77. The number of hydrogen-bond acceptors (Lipinski definition) is 5. The molecule has 0 bridgehead atoms. The number of nitrogens with zero attached hydrogens (tertiary/aromatic N) is 3. The van der Waals surface area contributed by atoms with Crippen LogP contribution in [0.5, 0.6) is 0 Å². The molecule has 1 aromatic heterocycles. The van der Waals surface area contributed by atoms with Crippen LogP contribution >= 0.6 is 11.8 Å². The van der Waals surface area contributed by atoms with Gasteiger partial charge in [-0.05, 0) is 29.7 Å². The number of carboxylic acids is 1. The maximum atomic E-state index is 12.7. The largest absolute Gasteiger partial charge is 0.477 e. The van der Waals surface area contributed by atoms with Crippen molar-refractivity contribution in [3.05, 3.63) is 136 Å². The first kappa shape index (κ1) is 28.0. The summed E-state index contributed by atoms with van der Waals surface area (Å²) in [6.45, 7) is 3.54. The summed E-state index contributed by atoms with van der Waals surface area (Å²) in [5, 5.41) is 25.2. The second-order valence-electron chi connectivity index (χ2n) is 10.9. The molecule has 2 aliphatic heterocycles. The fraction of sp³-hybridized carbons (Fsp3) is 0.265. The van der Waals surface area contributed by atoms with E-state index in [1.807, 2.05) is 78.5 Å². The smallest absolute Gasteiger partial charge is 0.353 e. The number of aliphatic carboxylic acids is 1. The summed E-state index contributed by atoms with van der Waals surface area (Å²) in [6.07, 6.45) is 1.82. The number of aromatic nitrogens is 2. The molecule has 0 radical (unpaired) electrons. The number of carboxylic acid groups (broad SMARTS) is 1. The molecule has 4 atom stereocenters. The molecule has 2 aliphatic rings. The van der Waals surface area contributed by atoms with E-state index in [2.05, 4.69) is 36.4 Å². The first-order valence-electron chi connectivity index (χ1n) is 14.2. The molecule has 8 heteroatoms. The molecule has 1 saturated heterocycles. The average molecular weight is 580 g/mol. The van der Waals surface area contributed by atoms with Crippen molar-refractivity contribution >= 4 is 23.6 Å². The number of fused-ring (bicyclic) bond motifs is 1. The summed E-state index contributed by atoms with van der Waals surface area (Å²) in [5.41, 5.74) is 3.51. The van der Waals surface area contributed by atoms with Crippen LogP contribution in [0, 0.1) is 11.8 Å². The summed E-state index contributed by atoms with van der Waals surface area (Å²) in [4.78, 5) is 26.9. The van der Waals surface area contributed by atoms with Crippen LogP contribution < -0.4 is 0 Å². The second kappa shape index (κ2) is 11.3. The topological polar surface area (TPSA) is 95.7 Å². The third kappa shape index (κ3) is 4.46. The van der Waals surface area contributed by atoms with Gasteiger partial charge in [-0.25, -0.2) is 4.79 Å². The Labute approximate surface area is 249 Å². The predicted molar refractivity (Wildman–Crippen MR) is 163 cm³/mol. The van der Waals surface area contributed by atoms with Gasteiger partial charge in [0.1, 0.15) is 11.2 Å². The van der Waals surface area contributed by atoms with Crippen LogP contribution in [0.2, 0.25) is 0 Å². The van der Waals surface area contributed by atoms with Crippen LogP contribution in [0.15, 0.2) is 114 Å². The molecule has 2 N–H and O–H groups in total. The van der Waals surface area contributed by atoms with Crippen LogP contribution in [-0.4, -0.2) is 54.7 Å². The van der Waals surface area contributed by atoms with E-state index in [-0.39, 0.29) is 23.6 Å². The van der Waals surface area contributed by atoms with Crippen molar-refractivity contribution in [2.24, 2.45) is 11.8 Å². The zero-order valence-electron chi connectivity index (χ0n) is 23.5. The molecule has 3 aromatic carbocycles. The molecule has 0 saturated carbocycles. The summed E-state index contributed by atoms with van der Waals surface area (Å²) in [6, 6.07) is 32.8. The molecule has 0 spiro atoms. The minimum absolute atomic E-state index is 0.0566. The monoisotopic (exact) mass is 579 g/mol. The van der Waals surface area contributed by atoms with Gasteiger partial charge in [-0.1, -0.05) is 97.9 Å². The number of carbonyl (C=O) groups is 2. The Morgan fingerprint density at radius 2 is 1.45 bits per heavy atom. The zero-order valence-corrected chi connectivity index (χ0v) is 24.3. The van der Waals surface area contributed by atoms with Crippen LogP contribution in [0.1, 0.15) is 36.2 Å². The third-order valence-electron chi connectivity index (χ3n) is 8.49. The lowest BCUT2D eigenvalue weighted by Crippen LogP contribution is -2.63.